The molecule has 0 aromatic heterocycles. The highest BCUT2D eigenvalue weighted by atomic mass is 16.2. The maximum Gasteiger partial charge on any atom is 0.317 e. The largest absolute Gasteiger partial charge is 0.336 e. The minimum absolute atomic E-state index is 0.0920. The van der Waals surface area contributed by atoms with Gasteiger partial charge in [0.05, 0.1) is 0 Å². The Morgan fingerprint density at radius 1 is 1.33 bits per heavy atom. The smallest absolute Gasteiger partial charge is 0.317 e. The second-order valence-electron chi connectivity index (χ2n) is 5.58. The standard InChI is InChI=1S/C12H24N2O/c1-9(2)12(5)6-7-14(8-12)11(15)13-10(3)4/h9-10H,6-8H2,1-5H3,(H,13,15). The Morgan fingerprint density at radius 3 is 2.33 bits per heavy atom. The van der Waals surface area contributed by atoms with Gasteiger partial charge >= 0.3 is 6.03 Å². The fourth-order valence-corrected chi connectivity index (χ4v) is 1.97. The van der Waals surface area contributed by atoms with E-state index in [2.05, 4.69) is 26.1 Å². The maximum absolute atomic E-state index is 11.8. The first kappa shape index (κ1) is 12.3. The van der Waals surface area contributed by atoms with Gasteiger partial charge in [-0.05, 0) is 31.6 Å². The van der Waals surface area contributed by atoms with Crippen molar-refractivity contribution in [1.29, 1.82) is 0 Å². The van der Waals surface area contributed by atoms with Crippen LogP contribution < -0.4 is 5.32 Å². The third-order valence-electron chi connectivity index (χ3n) is 3.60. The Labute approximate surface area is 93.2 Å². The van der Waals surface area contributed by atoms with Gasteiger partial charge in [0, 0.05) is 19.1 Å². The SMILES string of the molecule is CC(C)NC(=O)N1CCC(C)(C(C)C)C1. The minimum atomic E-state index is 0.0920. The summed E-state index contributed by atoms with van der Waals surface area (Å²) in [5.74, 6) is 0.634. The van der Waals surface area contributed by atoms with E-state index in [0.717, 1.165) is 19.5 Å². The average molecular weight is 212 g/mol. The molecule has 0 spiro atoms. The van der Waals surface area contributed by atoms with Gasteiger partial charge in [0.1, 0.15) is 0 Å². The predicted octanol–water partition coefficient (Wildman–Crippen LogP) is 2.47. The minimum Gasteiger partial charge on any atom is -0.336 e. The van der Waals surface area contributed by atoms with E-state index in [9.17, 15) is 4.79 Å². The summed E-state index contributed by atoms with van der Waals surface area (Å²) in [4.78, 5) is 13.7. The molecular weight excluding hydrogens is 188 g/mol. The number of nitrogens with one attached hydrogen (secondary N) is 1. The van der Waals surface area contributed by atoms with Gasteiger partial charge in [0.25, 0.3) is 0 Å². The first-order chi connectivity index (χ1) is 6.85. The predicted molar refractivity (Wildman–Crippen MR) is 62.8 cm³/mol. The number of rotatable bonds is 2. The van der Waals surface area contributed by atoms with Gasteiger partial charge < -0.3 is 10.2 Å². The van der Waals surface area contributed by atoms with Crippen LogP contribution in [-0.4, -0.2) is 30.1 Å². The third kappa shape index (κ3) is 2.86. The van der Waals surface area contributed by atoms with Crippen molar-refractivity contribution < 1.29 is 4.79 Å². The highest BCUT2D eigenvalue weighted by Crippen LogP contribution is 2.36. The zero-order valence-electron chi connectivity index (χ0n) is 10.6. The first-order valence-corrected chi connectivity index (χ1v) is 5.90. The molecule has 3 nitrogen and oxygen atoms in total. The van der Waals surface area contributed by atoms with E-state index in [4.69, 9.17) is 0 Å². The lowest BCUT2D eigenvalue weighted by atomic mass is 9.79. The molecule has 1 fully saturated rings. The van der Waals surface area contributed by atoms with Crippen LogP contribution in [0.25, 0.3) is 0 Å². The van der Waals surface area contributed by atoms with E-state index >= 15 is 0 Å². The lowest BCUT2D eigenvalue weighted by Crippen LogP contribution is -2.42. The third-order valence-corrected chi connectivity index (χ3v) is 3.60. The van der Waals surface area contributed by atoms with Crippen molar-refractivity contribution in [3.05, 3.63) is 0 Å². The molecule has 1 aliphatic rings. The number of amides is 2. The fraction of sp³-hybridized carbons (Fsp3) is 0.917. The zero-order chi connectivity index (χ0) is 11.6. The van der Waals surface area contributed by atoms with E-state index in [0.29, 0.717) is 11.3 Å². The Morgan fingerprint density at radius 2 is 1.93 bits per heavy atom. The topological polar surface area (TPSA) is 32.3 Å². The maximum atomic E-state index is 11.8. The van der Waals surface area contributed by atoms with Gasteiger partial charge in [-0.2, -0.15) is 0 Å². The summed E-state index contributed by atoms with van der Waals surface area (Å²) in [6.07, 6.45) is 1.12. The molecule has 1 aliphatic heterocycles. The van der Waals surface area contributed by atoms with E-state index < -0.39 is 0 Å². The number of urea groups is 1. The fourth-order valence-electron chi connectivity index (χ4n) is 1.97. The second kappa shape index (κ2) is 4.42. The summed E-state index contributed by atoms with van der Waals surface area (Å²) in [6, 6.07) is 0.317. The summed E-state index contributed by atoms with van der Waals surface area (Å²) in [5, 5.41) is 2.95. The van der Waals surface area contributed by atoms with E-state index in [1.807, 2.05) is 18.7 Å². The van der Waals surface area contributed by atoms with Gasteiger partial charge in [0.2, 0.25) is 0 Å². The van der Waals surface area contributed by atoms with Gasteiger partial charge in [-0.3, -0.25) is 0 Å². The van der Waals surface area contributed by atoms with Crippen LogP contribution in [0.15, 0.2) is 0 Å². The second-order valence-corrected chi connectivity index (χ2v) is 5.58. The van der Waals surface area contributed by atoms with Crippen LogP contribution >= 0.6 is 0 Å². The molecule has 88 valence electrons. The lowest BCUT2D eigenvalue weighted by molar-refractivity contribution is 0.186. The van der Waals surface area contributed by atoms with Crippen LogP contribution in [0, 0.1) is 11.3 Å². The summed E-state index contributed by atoms with van der Waals surface area (Å²) < 4.78 is 0. The number of likely N-dealkylation sites (tertiary alicyclic amines) is 1. The van der Waals surface area contributed by atoms with Crippen molar-refractivity contribution in [2.45, 2.75) is 47.1 Å². The van der Waals surface area contributed by atoms with Crippen molar-refractivity contribution in [2.75, 3.05) is 13.1 Å². The molecule has 1 atom stereocenters. The van der Waals surface area contributed by atoms with Crippen LogP contribution in [-0.2, 0) is 0 Å². The number of hydrogen-bond acceptors (Lipinski definition) is 1. The first-order valence-electron chi connectivity index (χ1n) is 5.90. The Balaban J connectivity index is 2.52. The van der Waals surface area contributed by atoms with Gasteiger partial charge in [-0.15, -0.1) is 0 Å². The quantitative estimate of drug-likeness (QED) is 0.749. The molecule has 1 saturated heterocycles. The molecule has 0 saturated carbocycles. The summed E-state index contributed by atoms with van der Waals surface area (Å²) in [6.45, 7) is 12.5. The highest BCUT2D eigenvalue weighted by Gasteiger charge is 2.38. The number of hydrogen-bond donors (Lipinski definition) is 1. The van der Waals surface area contributed by atoms with Crippen molar-refractivity contribution in [3.63, 3.8) is 0 Å². The normalized spacial score (nSPS) is 26.5. The van der Waals surface area contributed by atoms with Crippen molar-refractivity contribution in [1.82, 2.24) is 10.2 Å². The van der Waals surface area contributed by atoms with Crippen LogP contribution in [0.4, 0.5) is 4.79 Å². The zero-order valence-corrected chi connectivity index (χ0v) is 10.6. The van der Waals surface area contributed by atoms with Crippen molar-refractivity contribution in [2.24, 2.45) is 11.3 Å². The molecule has 0 bridgehead atoms. The molecule has 0 aromatic rings. The van der Waals surface area contributed by atoms with Gasteiger partial charge in [-0.25, -0.2) is 4.79 Å². The molecule has 0 aliphatic carbocycles. The Hall–Kier alpha value is -0.730. The molecule has 1 unspecified atom stereocenters. The van der Waals surface area contributed by atoms with E-state index in [1.54, 1.807) is 0 Å². The Bertz CT molecular complexity index is 238. The van der Waals surface area contributed by atoms with Crippen LogP contribution in [0.1, 0.15) is 41.0 Å². The lowest BCUT2D eigenvalue weighted by Gasteiger charge is -2.29. The monoisotopic (exact) mass is 212 g/mol. The summed E-state index contributed by atoms with van der Waals surface area (Å²) in [7, 11) is 0. The molecular formula is C12H24N2O. The number of carbonyl (C=O) groups is 1. The summed E-state index contributed by atoms with van der Waals surface area (Å²) in [5.41, 5.74) is 0.300. The summed E-state index contributed by atoms with van der Waals surface area (Å²) >= 11 is 0. The Kier molecular flexibility index (Phi) is 3.63. The molecule has 1 heterocycles. The molecule has 0 radical (unpaired) electrons. The number of carbonyl (C=O) groups excluding carboxylic acids is 1. The van der Waals surface area contributed by atoms with E-state index in [-0.39, 0.29) is 12.1 Å². The van der Waals surface area contributed by atoms with Crippen molar-refractivity contribution in [3.8, 4) is 0 Å². The van der Waals surface area contributed by atoms with Crippen LogP contribution in [0.3, 0.4) is 0 Å². The molecule has 15 heavy (non-hydrogen) atoms. The van der Waals surface area contributed by atoms with Gasteiger partial charge in [-0.1, -0.05) is 20.8 Å². The molecule has 2 amide bonds. The van der Waals surface area contributed by atoms with Crippen LogP contribution in [0.2, 0.25) is 0 Å². The molecule has 3 heteroatoms. The van der Waals surface area contributed by atoms with Crippen molar-refractivity contribution >= 4 is 6.03 Å². The molecule has 0 aromatic carbocycles. The van der Waals surface area contributed by atoms with E-state index in [1.165, 1.54) is 0 Å². The number of nitrogens with zero attached hydrogens (tertiary/aromatic N) is 1. The highest BCUT2D eigenvalue weighted by molar-refractivity contribution is 5.74. The average Bonchev–Trinajstić information content (AvgIpc) is 2.48. The molecule has 1 rings (SSSR count). The molecule has 1 N–H and O–H groups in total. The van der Waals surface area contributed by atoms with Crippen LogP contribution in [0.5, 0.6) is 0 Å². The van der Waals surface area contributed by atoms with Gasteiger partial charge in [0.15, 0.2) is 0 Å².